The van der Waals surface area contributed by atoms with E-state index in [1.54, 1.807) is 12.1 Å². The van der Waals surface area contributed by atoms with Crippen molar-refractivity contribution >= 4 is 11.6 Å². The lowest BCUT2D eigenvalue weighted by atomic mass is 9.82. The molecule has 0 bridgehead atoms. The van der Waals surface area contributed by atoms with E-state index < -0.39 is 12.1 Å². The zero-order chi connectivity index (χ0) is 13.5. The Bertz CT molecular complexity index is 456. The minimum absolute atomic E-state index is 0.187. The van der Waals surface area contributed by atoms with Crippen LogP contribution in [0.25, 0.3) is 0 Å². The van der Waals surface area contributed by atoms with Gasteiger partial charge in [-0.2, -0.15) is 0 Å². The zero-order valence-corrected chi connectivity index (χ0v) is 11.5. The lowest BCUT2D eigenvalue weighted by molar-refractivity contribution is 0.0401. The van der Waals surface area contributed by atoms with Gasteiger partial charge in [-0.15, -0.1) is 0 Å². The Hall–Kier alpha value is -0.970. The third-order valence-electron chi connectivity index (χ3n) is 3.08. The van der Waals surface area contributed by atoms with Crippen molar-refractivity contribution in [2.45, 2.75) is 32.9 Å². The number of hydrogen-bond donors (Lipinski definition) is 2. The third kappa shape index (κ3) is 2.41. The van der Waals surface area contributed by atoms with E-state index in [2.05, 4.69) is 0 Å². The van der Waals surface area contributed by atoms with Gasteiger partial charge in [0.1, 0.15) is 0 Å². The van der Waals surface area contributed by atoms with Crippen molar-refractivity contribution in [1.29, 1.82) is 0 Å². The standard InChI is InChI=1S/C13H18ClNO3/c1-13(2,3)12(16)11(15)7-4-9-10(5-8(7)14)18-6-17-9/h4-5,11-12,16H,6,15H2,1-3H3/t11-,12-/m0/s1. The first-order chi connectivity index (χ1) is 8.30. The second-order valence-corrected chi connectivity index (χ2v) is 5.97. The second kappa shape index (κ2) is 4.61. The normalized spacial score (nSPS) is 17.7. The monoisotopic (exact) mass is 271 g/mol. The molecule has 0 fully saturated rings. The molecule has 1 aliphatic rings. The number of benzene rings is 1. The minimum Gasteiger partial charge on any atom is -0.454 e. The molecule has 0 radical (unpaired) electrons. The first-order valence-corrected chi connectivity index (χ1v) is 6.21. The summed E-state index contributed by atoms with van der Waals surface area (Å²) in [5.41, 5.74) is 6.44. The smallest absolute Gasteiger partial charge is 0.231 e. The molecule has 1 aliphatic heterocycles. The van der Waals surface area contributed by atoms with Gasteiger partial charge in [-0.05, 0) is 17.0 Å². The van der Waals surface area contributed by atoms with E-state index in [0.29, 0.717) is 22.1 Å². The van der Waals surface area contributed by atoms with E-state index in [1.807, 2.05) is 20.8 Å². The van der Waals surface area contributed by atoms with Crippen molar-refractivity contribution in [1.82, 2.24) is 0 Å². The summed E-state index contributed by atoms with van der Waals surface area (Å²) in [5.74, 6) is 1.23. The minimum atomic E-state index is -0.699. The van der Waals surface area contributed by atoms with Crippen LogP contribution in [0.3, 0.4) is 0 Å². The van der Waals surface area contributed by atoms with E-state index >= 15 is 0 Å². The maximum atomic E-state index is 10.2. The van der Waals surface area contributed by atoms with E-state index in [0.717, 1.165) is 0 Å². The van der Waals surface area contributed by atoms with Crippen LogP contribution >= 0.6 is 11.6 Å². The molecule has 0 saturated carbocycles. The molecule has 1 aromatic rings. The van der Waals surface area contributed by atoms with Crippen LogP contribution in [0.5, 0.6) is 11.5 Å². The van der Waals surface area contributed by atoms with Gasteiger partial charge in [0.15, 0.2) is 11.5 Å². The molecule has 4 nitrogen and oxygen atoms in total. The highest BCUT2D eigenvalue weighted by Crippen LogP contribution is 2.40. The Labute approximate surface area is 112 Å². The summed E-state index contributed by atoms with van der Waals surface area (Å²) in [6.45, 7) is 5.97. The maximum absolute atomic E-state index is 10.2. The summed E-state index contributed by atoms with van der Waals surface area (Å²) in [5, 5.41) is 10.7. The van der Waals surface area contributed by atoms with Crippen LogP contribution < -0.4 is 15.2 Å². The van der Waals surface area contributed by atoms with Crippen molar-refractivity contribution in [3.63, 3.8) is 0 Å². The lowest BCUT2D eigenvalue weighted by Crippen LogP contribution is -2.37. The highest BCUT2D eigenvalue weighted by Gasteiger charge is 2.31. The molecule has 1 aromatic carbocycles. The Morgan fingerprint density at radius 2 is 1.83 bits per heavy atom. The molecule has 0 unspecified atom stereocenters. The Morgan fingerprint density at radius 3 is 2.39 bits per heavy atom. The average molecular weight is 272 g/mol. The Morgan fingerprint density at radius 1 is 1.28 bits per heavy atom. The number of ether oxygens (including phenoxy) is 2. The quantitative estimate of drug-likeness (QED) is 0.867. The molecule has 0 aliphatic carbocycles. The first-order valence-electron chi connectivity index (χ1n) is 5.83. The van der Waals surface area contributed by atoms with Gasteiger partial charge in [-0.1, -0.05) is 32.4 Å². The number of halogens is 1. The SMILES string of the molecule is CC(C)(C)[C@@H](O)[C@@H](N)c1cc2c(cc1Cl)OCO2. The summed E-state index contributed by atoms with van der Waals surface area (Å²) in [6, 6.07) is 2.85. The van der Waals surface area contributed by atoms with Crippen molar-refractivity contribution in [2.24, 2.45) is 11.1 Å². The fraction of sp³-hybridized carbons (Fsp3) is 0.538. The molecule has 0 saturated heterocycles. The third-order valence-corrected chi connectivity index (χ3v) is 3.41. The summed E-state index contributed by atoms with van der Waals surface area (Å²) in [7, 11) is 0. The van der Waals surface area contributed by atoms with Crippen LogP contribution in [0.15, 0.2) is 12.1 Å². The highest BCUT2D eigenvalue weighted by molar-refractivity contribution is 6.31. The molecule has 1 heterocycles. The molecule has 3 N–H and O–H groups in total. The predicted molar refractivity (Wildman–Crippen MR) is 70.0 cm³/mol. The maximum Gasteiger partial charge on any atom is 0.231 e. The fourth-order valence-electron chi connectivity index (χ4n) is 1.90. The number of nitrogens with two attached hydrogens (primary N) is 1. The average Bonchev–Trinajstić information content (AvgIpc) is 2.71. The van der Waals surface area contributed by atoms with Crippen molar-refractivity contribution in [3.05, 3.63) is 22.7 Å². The molecule has 2 rings (SSSR count). The molecule has 2 atom stereocenters. The number of rotatable bonds is 2. The van der Waals surface area contributed by atoms with Crippen molar-refractivity contribution < 1.29 is 14.6 Å². The van der Waals surface area contributed by atoms with Gasteiger partial charge >= 0.3 is 0 Å². The predicted octanol–water partition coefficient (Wildman–Crippen LogP) is 2.48. The molecule has 0 spiro atoms. The fourth-order valence-corrected chi connectivity index (χ4v) is 2.18. The topological polar surface area (TPSA) is 64.7 Å². The van der Waals surface area contributed by atoms with Gasteiger partial charge < -0.3 is 20.3 Å². The number of fused-ring (bicyclic) bond motifs is 1. The summed E-state index contributed by atoms with van der Waals surface area (Å²) < 4.78 is 10.5. The number of aliphatic hydroxyl groups excluding tert-OH is 1. The lowest BCUT2D eigenvalue weighted by Gasteiger charge is -2.31. The van der Waals surface area contributed by atoms with Gasteiger partial charge in [-0.25, -0.2) is 0 Å². The van der Waals surface area contributed by atoms with Crippen LogP contribution in [0.4, 0.5) is 0 Å². The van der Waals surface area contributed by atoms with Gasteiger partial charge in [-0.3, -0.25) is 0 Å². The van der Waals surface area contributed by atoms with Gasteiger partial charge in [0.05, 0.1) is 12.1 Å². The number of hydrogen-bond acceptors (Lipinski definition) is 4. The van der Waals surface area contributed by atoms with Gasteiger partial charge in [0.2, 0.25) is 6.79 Å². The van der Waals surface area contributed by atoms with Crippen LogP contribution in [0.1, 0.15) is 32.4 Å². The number of aliphatic hydroxyl groups is 1. The molecule has 18 heavy (non-hydrogen) atoms. The van der Waals surface area contributed by atoms with Gasteiger partial charge in [0.25, 0.3) is 0 Å². The zero-order valence-electron chi connectivity index (χ0n) is 10.7. The summed E-state index contributed by atoms with van der Waals surface area (Å²) >= 11 is 6.17. The summed E-state index contributed by atoms with van der Waals surface area (Å²) in [6.07, 6.45) is -0.699. The van der Waals surface area contributed by atoms with Crippen molar-refractivity contribution in [2.75, 3.05) is 6.79 Å². The van der Waals surface area contributed by atoms with E-state index in [4.69, 9.17) is 26.8 Å². The second-order valence-electron chi connectivity index (χ2n) is 5.56. The van der Waals surface area contributed by atoms with Gasteiger partial charge in [0, 0.05) is 11.1 Å². The van der Waals surface area contributed by atoms with Crippen LogP contribution in [0, 0.1) is 5.41 Å². The summed E-state index contributed by atoms with van der Waals surface area (Å²) in [4.78, 5) is 0. The van der Waals surface area contributed by atoms with E-state index in [9.17, 15) is 5.11 Å². The molecular weight excluding hydrogens is 254 g/mol. The van der Waals surface area contributed by atoms with Crippen molar-refractivity contribution in [3.8, 4) is 11.5 Å². The molecule has 0 amide bonds. The highest BCUT2D eigenvalue weighted by atomic mass is 35.5. The molecule has 5 heteroatoms. The largest absolute Gasteiger partial charge is 0.454 e. The van der Waals surface area contributed by atoms with E-state index in [1.165, 1.54) is 0 Å². The first kappa shape index (κ1) is 13.5. The van der Waals surface area contributed by atoms with E-state index in [-0.39, 0.29) is 12.2 Å². The van der Waals surface area contributed by atoms with Crippen LogP contribution in [-0.4, -0.2) is 18.0 Å². The van der Waals surface area contributed by atoms with Crippen LogP contribution in [-0.2, 0) is 0 Å². The van der Waals surface area contributed by atoms with Crippen LogP contribution in [0.2, 0.25) is 5.02 Å². The molecular formula is C13H18ClNO3. The Balaban J connectivity index is 2.34. The molecule has 0 aromatic heterocycles. The molecule has 100 valence electrons. The Kier molecular flexibility index (Phi) is 3.45.